The second-order valence-electron chi connectivity index (χ2n) is 5.13. The minimum absolute atomic E-state index is 0.367. The predicted octanol–water partition coefficient (Wildman–Crippen LogP) is 2.52. The van der Waals surface area contributed by atoms with Gasteiger partial charge in [-0.2, -0.15) is 0 Å². The first kappa shape index (κ1) is 13.4. The van der Waals surface area contributed by atoms with Crippen LogP contribution in [0.15, 0.2) is 24.3 Å². The summed E-state index contributed by atoms with van der Waals surface area (Å²) < 4.78 is 5.65. The molecule has 1 atom stereocenters. The summed E-state index contributed by atoms with van der Waals surface area (Å²) in [4.78, 5) is 2.49. The first-order chi connectivity index (χ1) is 8.74. The lowest BCUT2D eigenvalue weighted by molar-refractivity contribution is 0.0683. The molecule has 1 aromatic rings. The summed E-state index contributed by atoms with van der Waals surface area (Å²) in [5, 5.41) is 3.49. The molecular formula is C15H24N2O. The van der Waals surface area contributed by atoms with Crippen LogP contribution in [0.5, 0.6) is 0 Å². The zero-order chi connectivity index (χ0) is 12.8. The summed E-state index contributed by atoms with van der Waals surface area (Å²) in [6.45, 7) is 9.47. The van der Waals surface area contributed by atoms with Crippen LogP contribution in [0.1, 0.15) is 18.9 Å². The first-order valence-corrected chi connectivity index (χ1v) is 6.88. The minimum atomic E-state index is 0.367. The van der Waals surface area contributed by atoms with E-state index in [1.165, 1.54) is 11.3 Å². The Hall–Kier alpha value is -1.06. The molecule has 1 unspecified atom stereocenters. The van der Waals surface area contributed by atoms with Crippen molar-refractivity contribution >= 4 is 5.69 Å². The van der Waals surface area contributed by atoms with Crippen molar-refractivity contribution < 1.29 is 4.74 Å². The van der Waals surface area contributed by atoms with Gasteiger partial charge < -0.3 is 10.1 Å². The summed E-state index contributed by atoms with van der Waals surface area (Å²) in [5.41, 5.74) is 2.52. The highest BCUT2D eigenvalue weighted by Crippen LogP contribution is 2.09. The SMILES string of the molecule is Cc1cccc(NCCN2CCCOC(C)C2)c1. The molecule has 1 aliphatic heterocycles. The van der Waals surface area contributed by atoms with Gasteiger partial charge in [0.05, 0.1) is 6.10 Å². The normalized spacial score (nSPS) is 21.6. The van der Waals surface area contributed by atoms with Gasteiger partial charge in [0.1, 0.15) is 0 Å². The van der Waals surface area contributed by atoms with Crippen molar-refractivity contribution in [1.29, 1.82) is 0 Å². The van der Waals surface area contributed by atoms with E-state index in [9.17, 15) is 0 Å². The summed E-state index contributed by atoms with van der Waals surface area (Å²) in [6, 6.07) is 8.54. The van der Waals surface area contributed by atoms with E-state index in [4.69, 9.17) is 4.74 Å². The number of nitrogens with zero attached hydrogens (tertiary/aromatic N) is 1. The van der Waals surface area contributed by atoms with Gasteiger partial charge in [0.25, 0.3) is 0 Å². The van der Waals surface area contributed by atoms with Crippen LogP contribution < -0.4 is 5.32 Å². The number of benzene rings is 1. The van der Waals surface area contributed by atoms with E-state index in [0.717, 1.165) is 39.2 Å². The van der Waals surface area contributed by atoms with E-state index in [0.29, 0.717) is 6.10 Å². The number of anilines is 1. The molecule has 0 bridgehead atoms. The molecule has 1 fully saturated rings. The second kappa shape index (κ2) is 6.76. The summed E-state index contributed by atoms with van der Waals surface area (Å²) >= 11 is 0. The third-order valence-electron chi connectivity index (χ3n) is 3.31. The highest BCUT2D eigenvalue weighted by atomic mass is 16.5. The molecule has 0 aromatic heterocycles. The smallest absolute Gasteiger partial charge is 0.0673 e. The van der Waals surface area contributed by atoms with Gasteiger partial charge in [-0.3, -0.25) is 4.90 Å². The molecule has 0 aliphatic carbocycles. The maximum Gasteiger partial charge on any atom is 0.0673 e. The Balaban J connectivity index is 1.74. The lowest BCUT2D eigenvalue weighted by atomic mass is 10.2. The number of ether oxygens (including phenoxy) is 1. The lowest BCUT2D eigenvalue weighted by Gasteiger charge is -2.22. The van der Waals surface area contributed by atoms with Crippen molar-refractivity contribution in [3.05, 3.63) is 29.8 Å². The first-order valence-electron chi connectivity index (χ1n) is 6.88. The van der Waals surface area contributed by atoms with Gasteiger partial charge in [0.15, 0.2) is 0 Å². The largest absolute Gasteiger partial charge is 0.384 e. The van der Waals surface area contributed by atoms with Crippen molar-refractivity contribution in [3.8, 4) is 0 Å². The van der Waals surface area contributed by atoms with E-state index in [-0.39, 0.29) is 0 Å². The second-order valence-corrected chi connectivity index (χ2v) is 5.13. The molecule has 3 nitrogen and oxygen atoms in total. The fourth-order valence-electron chi connectivity index (χ4n) is 2.40. The zero-order valence-electron chi connectivity index (χ0n) is 11.5. The number of rotatable bonds is 4. The topological polar surface area (TPSA) is 24.5 Å². The summed E-state index contributed by atoms with van der Waals surface area (Å²) in [6.07, 6.45) is 1.51. The third-order valence-corrected chi connectivity index (χ3v) is 3.31. The molecule has 1 saturated heterocycles. The van der Waals surface area contributed by atoms with Gasteiger partial charge in [-0.05, 0) is 38.0 Å². The van der Waals surface area contributed by atoms with Crippen LogP contribution in [-0.4, -0.2) is 43.8 Å². The van der Waals surface area contributed by atoms with Crippen LogP contribution >= 0.6 is 0 Å². The number of nitrogens with one attached hydrogen (secondary N) is 1. The van der Waals surface area contributed by atoms with Gasteiger partial charge in [-0.1, -0.05) is 12.1 Å². The maximum atomic E-state index is 5.65. The number of hydrogen-bond donors (Lipinski definition) is 1. The molecule has 1 N–H and O–H groups in total. The molecule has 1 aromatic carbocycles. The van der Waals surface area contributed by atoms with Crippen LogP contribution in [0.4, 0.5) is 5.69 Å². The molecule has 1 heterocycles. The van der Waals surface area contributed by atoms with E-state index in [1.807, 2.05) is 0 Å². The Morgan fingerprint density at radius 2 is 2.33 bits per heavy atom. The van der Waals surface area contributed by atoms with Crippen molar-refractivity contribution in [3.63, 3.8) is 0 Å². The summed E-state index contributed by atoms with van der Waals surface area (Å²) in [5.74, 6) is 0. The van der Waals surface area contributed by atoms with E-state index < -0.39 is 0 Å². The molecule has 3 heteroatoms. The highest BCUT2D eigenvalue weighted by molar-refractivity contribution is 5.45. The fourth-order valence-corrected chi connectivity index (χ4v) is 2.40. The number of hydrogen-bond acceptors (Lipinski definition) is 3. The van der Waals surface area contributed by atoms with Crippen molar-refractivity contribution in [1.82, 2.24) is 4.90 Å². The molecule has 0 radical (unpaired) electrons. The van der Waals surface area contributed by atoms with Crippen LogP contribution in [0.3, 0.4) is 0 Å². The Bertz CT molecular complexity index is 367. The average Bonchev–Trinajstić information content (AvgIpc) is 2.54. The van der Waals surface area contributed by atoms with E-state index in [1.54, 1.807) is 0 Å². The van der Waals surface area contributed by atoms with Crippen LogP contribution in [0.25, 0.3) is 0 Å². The van der Waals surface area contributed by atoms with Gasteiger partial charge in [0.2, 0.25) is 0 Å². The van der Waals surface area contributed by atoms with Crippen molar-refractivity contribution in [2.75, 3.05) is 38.1 Å². The van der Waals surface area contributed by atoms with E-state index in [2.05, 4.69) is 48.3 Å². The zero-order valence-corrected chi connectivity index (χ0v) is 11.5. The van der Waals surface area contributed by atoms with Gasteiger partial charge in [0, 0.05) is 38.5 Å². The molecule has 18 heavy (non-hydrogen) atoms. The van der Waals surface area contributed by atoms with Gasteiger partial charge in [-0.15, -0.1) is 0 Å². The Morgan fingerprint density at radius 1 is 1.44 bits per heavy atom. The fraction of sp³-hybridized carbons (Fsp3) is 0.600. The molecule has 1 aliphatic rings. The predicted molar refractivity (Wildman–Crippen MR) is 76.1 cm³/mol. The van der Waals surface area contributed by atoms with Gasteiger partial charge in [-0.25, -0.2) is 0 Å². The van der Waals surface area contributed by atoms with E-state index >= 15 is 0 Å². The van der Waals surface area contributed by atoms with Gasteiger partial charge >= 0.3 is 0 Å². The van der Waals surface area contributed by atoms with Crippen molar-refractivity contribution in [2.24, 2.45) is 0 Å². The van der Waals surface area contributed by atoms with Crippen molar-refractivity contribution in [2.45, 2.75) is 26.4 Å². The monoisotopic (exact) mass is 248 g/mol. The van der Waals surface area contributed by atoms with Crippen LogP contribution in [0, 0.1) is 6.92 Å². The Morgan fingerprint density at radius 3 is 3.17 bits per heavy atom. The minimum Gasteiger partial charge on any atom is -0.384 e. The molecule has 100 valence electrons. The average molecular weight is 248 g/mol. The molecular weight excluding hydrogens is 224 g/mol. The molecule has 0 spiro atoms. The van der Waals surface area contributed by atoms with Crippen LogP contribution in [0.2, 0.25) is 0 Å². The highest BCUT2D eigenvalue weighted by Gasteiger charge is 2.13. The lowest BCUT2D eigenvalue weighted by Crippen LogP contribution is -2.34. The Kier molecular flexibility index (Phi) is 5.02. The third kappa shape index (κ3) is 4.31. The molecule has 0 amide bonds. The Labute approximate surface area is 110 Å². The summed E-state index contributed by atoms with van der Waals surface area (Å²) in [7, 11) is 0. The maximum absolute atomic E-state index is 5.65. The standard InChI is InChI=1S/C15H24N2O/c1-13-5-3-6-15(11-13)16-7-9-17-8-4-10-18-14(2)12-17/h3,5-6,11,14,16H,4,7-10,12H2,1-2H3. The van der Waals surface area contributed by atoms with Crippen LogP contribution in [-0.2, 0) is 4.74 Å². The molecule has 0 saturated carbocycles. The number of aryl methyl sites for hydroxylation is 1. The molecule has 2 rings (SSSR count). The quantitative estimate of drug-likeness (QED) is 0.886.